The predicted molar refractivity (Wildman–Crippen MR) is 271 cm³/mol. The molecule has 2 aliphatic rings. The van der Waals surface area contributed by atoms with Crippen LogP contribution in [0, 0.1) is 0 Å². The summed E-state index contributed by atoms with van der Waals surface area (Å²) in [5.41, 5.74) is 19.0. The molecule has 8 aromatic carbocycles. The molecule has 0 bridgehead atoms. The number of rotatable bonds is 9. The number of aromatic nitrogens is 2. The van der Waals surface area contributed by atoms with Gasteiger partial charge in [0.05, 0.1) is 16.4 Å². The molecule has 2 aromatic heterocycles. The minimum Gasteiger partial charge on any atom is -0.295 e. The van der Waals surface area contributed by atoms with Gasteiger partial charge in [0.2, 0.25) is 0 Å². The van der Waals surface area contributed by atoms with Gasteiger partial charge in [0.1, 0.15) is 5.82 Å². The monoisotopic (exact) mass is 833 g/mol. The Bertz CT molecular complexity index is 3420. The zero-order valence-corrected chi connectivity index (χ0v) is 36.6. The SMILES string of the molecule is CCC1(CC)c2cc(/C=C/c3cccc4c3-c3ccccc3C4(c3ccccc3)c3ccccc3)ccc2-c2ccc(N(c3ccccc3)c3ccc4ccc5cccnc5c4n3)cc21. The van der Waals surface area contributed by atoms with E-state index in [-0.39, 0.29) is 5.41 Å². The number of para-hydroxylation sites is 1. The highest BCUT2D eigenvalue weighted by molar-refractivity contribution is 6.03. The largest absolute Gasteiger partial charge is 0.295 e. The van der Waals surface area contributed by atoms with Crippen molar-refractivity contribution in [3.63, 3.8) is 0 Å². The molecule has 3 heteroatoms. The minimum absolute atomic E-state index is 0.151. The maximum atomic E-state index is 5.35. The van der Waals surface area contributed by atoms with Crippen LogP contribution in [0.25, 0.3) is 56.2 Å². The highest BCUT2D eigenvalue weighted by Gasteiger charge is 2.46. The van der Waals surface area contributed by atoms with Crippen LogP contribution in [0.3, 0.4) is 0 Å². The van der Waals surface area contributed by atoms with Crippen molar-refractivity contribution in [3.8, 4) is 22.3 Å². The average molecular weight is 834 g/mol. The fourth-order valence-electron chi connectivity index (χ4n) is 11.4. The molecule has 2 heterocycles. The molecular weight excluding hydrogens is 787 g/mol. The lowest BCUT2D eigenvalue weighted by Gasteiger charge is -2.33. The molecule has 65 heavy (non-hydrogen) atoms. The quantitative estimate of drug-likeness (QED) is 0.107. The number of anilines is 3. The van der Waals surface area contributed by atoms with Crippen LogP contribution in [-0.2, 0) is 10.8 Å². The fourth-order valence-corrected chi connectivity index (χ4v) is 11.4. The molecule has 0 aliphatic heterocycles. The van der Waals surface area contributed by atoms with E-state index >= 15 is 0 Å². The summed E-state index contributed by atoms with van der Waals surface area (Å²) in [6.45, 7) is 4.71. The molecule has 0 amide bonds. The smallest absolute Gasteiger partial charge is 0.138 e. The van der Waals surface area contributed by atoms with Gasteiger partial charge in [-0.3, -0.25) is 9.88 Å². The number of fused-ring (bicyclic) bond motifs is 9. The minimum atomic E-state index is -0.426. The second-order valence-electron chi connectivity index (χ2n) is 17.5. The molecule has 12 rings (SSSR count). The Morgan fingerprint density at radius 2 is 1.09 bits per heavy atom. The van der Waals surface area contributed by atoms with E-state index in [1.807, 2.05) is 12.3 Å². The van der Waals surface area contributed by atoms with Crippen LogP contribution in [0.1, 0.15) is 71.2 Å². The molecule has 0 saturated carbocycles. The third-order valence-corrected chi connectivity index (χ3v) is 14.5. The lowest BCUT2D eigenvalue weighted by Crippen LogP contribution is -2.28. The molecule has 0 radical (unpaired) electrons. The van der Waals surface area contributed by atoms with Crippen LogP contribution in [0.4, 0.5) is 17.2 Å². The number of hydrogen-bond donors (Lipinski definition) is 0. The summed E-state index contributed by atoms with van der Waals surface area (Å²) in [6.07, 6.45) is 8.50. The van der Waals surface area contributed by atoms with Crippen molar-refractivity contribution in [2.45, 2.75) is 37.5 Å². The molecule has 0 atom stereocenters. The lowest BCUT2D eigenvalue weighted by atomic mass is 9.67. The van der Waals surface area contributed by atoms with Crippen LogP contribution in [0.5, 0.6) is 0 Å². The molecule has 310 valence electrons. The van der Waals surface area contributed by atoms with Gasteiger partial charge in [0, 0.05) is 33.8 Å². The van der Waals surface area contributed by atoms with Crippen LogP contribution in [-0.4, -0.2) is 9.97 Å². The van der Waals surface area contributed by atoms with Gasteiger partial charge in [-0.05, 0) is 122 Å². The molecule has 0 spiro atoms. The van der Waals surface area contributed by atoms with Gasteiger partial charge in [-0.15, -0.1) is 0 Å². The number of pyridine rings is 2. The van der Waals surface area contributed by atoms with Gasteiger partial charge >= 0.3 is 0 Å². The van der Waals surface area contributed by atoms with Gasteiger partial charge in [0.25, 0.3) is 0 Å². The van der Waals surface area contributed by atoms with Gasteiger partial charge < -0.3 is 0 Å². The molecule has 2 aliphatic carbocycles. The van der Waals surface area contributed by atoms with E-state index in [2.05, 4.69) is 231 Å². The predicted octanol–water partition coefficient (Wildman–Crippen LogP) is 15.9. The molecule has 0 fully saturated rings. The fraction of sp³-hybridized carbons (Fsp3) is 0.0968. The maximum Gasteiger partial charge on any atom is 0.138 e. The van der Waals surface area contributed by atoms with Crippen molar-refractivity contribution in [3.05, 3.63) is 257 Å². The van der Waals surface area contributed by atoms with E-state index in [4.69, 9.17) is 9.97 Å². The summed E-state index contributed by atoms with van der Waals surface area (Å²) in [7, 11) is 0. The summed E-state index contributed by atoms with van der Waals surface area (Å²) in [5, 5.41) is 2.16. The molecule has 0 N–H and O–H groups in total. The van der Waals surface area contributed by atoms with Crippen LogP contribution >= 0.6 is 0 Å². The Morgan fingerprint density at radius 3 is 1.83 bits per heavy atom. The summed E-state index contributed by atoms with van der Waals surface area (Å²) < 4.78 is 0. The second-order valence-corrected chi connectivity index (χ2v) is 17.5. The first kappa shape index (κ1) is 38.8. The van der Waals surface area contributed by atoms with E-state index in [0.717, 1.165) is 51.8 Å². The van der Waals surface area contributed by atoms with Crippen molar-refractivity contribution in [2.75, 3.05) is 4.90 Å². The van der Waals surface area contributed by atoms with Crippen molar-refractivity contribution in [2.24, 2.45) is 0 Å². The van der Waals surface area contributed by atoms with E-state index in [9.17, 15) is 0 Å². The van der Waals surface area contributed by atoms with Gasteiger partial charge in [-0.1, -0.05) is 190 Å². The van der Waals surface area contributed by atoms with E-state index in [1.54, 1.807) is 0 Å². The normalized spacial score (nSPS) is 14.0. The highest BCUT2D eigenvalue weighted by Crippen LogP contribution is 2.58. The standard InChI is InChI=1S/C62H47N3/c1-3-61(4-2)55-40-42(29-31-43-18-16-28-54-58(43)52-26-14-15-27-53(52)62(54,46-20-8-5-9-21-46)47-22-10-6-11-23-47)30-36-50(55)51-37-35-49(41-56(51)61)65(48-24-12-7-13-25-48)57-38-34-45-33-32-44-19-17-39-63-59(44)60(45)64-57/h5-41H,3-4H2,1-2H3/b31-29+. The zero-order valence-electron chi connectivity index (χ0n) is 36.6. The Kier molecular flexibility index (Phi) is 9.20. The number of benzene rings is 8. The number of hydrogen-bond acceptors (Lipinski definition) is 3. The first-order valence-electron chi connectivity index (χ1n) is 22.9. The zero-order chi connectivity index (χ0) is 43.5. The summed E-state index contributed by atoms with van der Waals surface area (Å²) in [6, 6.07) is 75.5. The summed E-state index contributed by atoms with van der Waals surface area (Å²) in [5.74, 6) is 0.864. The van der Waals surface area contributed by atoms with Crippen LogP contribution < -0.4 is 4.90 Å². The Labute approximate surface area is 381 Å². The molecule has 0 saturated heterocycles. The van der Waals surface area contributed by atoms with Crippen molar-refractivity contribution in [1.82, 2.24) is 9.97 Å². The first-order valence-corrected chi connectivity index (χ1v) is 22.9. The molecule has 10 aromatic rings. The summed E-state index contributed by atoms with van der Waals surface area (Å²) in [4.78, 5) is 12.4. The molecule has 0 unspecified atom stereocenters. The maximum absolute atomic E-state index is 5.35. The van der Waals surface area contributed by atoms with Crippen molar-refractivity contribution in [1.29, 1.82) is 0 Å². The van der Waals surface area contributed by atoms with E-state index < -0.39 is 5.41 Å². The van der Waals surface area contributed by atoms with E-state index in [1.165, 1.54) is 66.8 Å². The summed E-state index contributed by atoms with van der Waals surface area (Å²) >= 11 is 0. The third-order valence-electron chi connectivity index (χ3n) is 14.5. The van der Waals surface area contributed by atoms with Gasteiger partial charge in [-0.25, -0.2) is 4.98 Å². The topological polar surface area (TPSA) is 29.0 Å². The van der Waals surface area contributed by atoms with E-state index in [0.29, 0.717) is 0 Å². The Hall–Kier alpha value is -7.88. The lowest BCUT2D eigenvalue weighted by molar-refractivity contribution is 0.490. The second kappa shape index (κ2) is 15.4. The van der Waals surface area contributed by atoms with Crippen molar-refractivity contribution < 1.29 is 0 Å². The Morgan fingerprint density at radius 1 is 0.462 bits per heavy atom. The average Bonchev–Trinajstić information content (AvgIpc) is 3.84. The number of nitrogens with zero attached hydrogens (tertiary/aromatic N) is 3. The Balaban J connectivity index is 0.955. The van der Waals surface area contributed by atoms with Gasteiger partial charge in [-0.2, -0.15) is 0 Å². The third kappa shape index (κ3) is 5.89. The van der Waals surface area contributed by atoms with Gasteiger partial charge in [0.15, 0.2) is 0 Å². The van der Waals surface area contributed by atoms with Crippen LogP contribution in [0.2, 0.25) is 0 Å². The highest BCUT2D eigenvalue weighted by atomic mass is 15.2. The van der Waals surface area contributed by atoms with Crippen molar-refractivity contribution >= 4 is 51.2 Å². The van der Waals surface area contributed by atoms with Crippen LogP contribution in [0.15, 0.2) is 212 Å². The first-order chi connectivity index (χ1) is 32.1. The molecule has 3 nitrogen and oxygen atoms in total. The molecular formula is C62H47N3.